The first kappa shape index (κ1) is 15.6. The first-order valence-corrected chi connectivity index (χ1v) is 7.60. The monoisotopic (exact) mass is 376 g/mol. The van der Waals surface area contributed by atoms with Gasteiger partial charge in [-0.05, 0) is 35.9 Å². The van der Waals surface area contributed by atoms with E-state index in [9.17, 15) is 13.6 Å². The molecule has 0 atom stereocenters. The Balaban J connectivity index is 1.99. The fraction of sp³-hybridized carbons (Fsp3) is 0.0588. The van der Waals surface area contributed by atoms with E-state index < -0.39 is 11.6 Å². The Bertz CT molecular complexity index is 904. The third-order valence-corrected chi connectivity index (χ3v) is 3.73. The maximum Gasteiger partial charge on any atom is 0.267 e. The number of hydrogen-bond acceptors (Lipinski definition) is 2. The molecule has 2 aromatic carbocycles. The normalized spacial score (nSPS) is 10.7. The van der Waals surface area contributed by atoms with Gasteiger partial charge in [0.25, 0.3) is 5.56 Å². The highest BCUT2D eigenvalue weighted by Crippen LogP contribution is 2.20. The van der Waals surface area contributed by atoms with Crippen molar-refractivity contribution >= 4 is 15.9 Å². The number of nitrogens with zero attached hydrogens (tertiary/aromatic N) is 2. The molecule has 0 radical (unpaired) electrons. The second-order valence-electron chi connectivity index (χ2n) is 5.00. The second kappa shape index (κ2) is 6.42. The zero-order valence-electron chi connectivity index (χ0n) is 11.8. The Morgan fingerprint density at radius 1 is 1.00 bits per heavy atom. The van der Waals surface area contributed by atoms with E-state index in [1.165, 1.54) is 22.9 Å². The third-order valence-electron chi connectivity index (χ3n) is 3.24. The van der Waals surface area contributed by atoms with Crippen molar-refractivity contribution in [3.8, 4) is 11.3 Å². The molecule has 1 aromatic heterocycles. The molecule has 0 fully saturated rings. The summed E-state index contributed by atoms with van der Waals surface area (Å²) in [4.78, 5) is 11.9. The summed E-state index contributed by atoms with van der Waals surface area (Å²) < 4.78 is 28.6. The first-order valence-electron chi connectivity index (χ1n) is 6.80. The van der Waals surface area contributed by atoms with E-state index in [0.717, 1.165) is 16.1 Å². The maximum absolute atomic E-state index is 13.3. The fourth-order valence-corrected chi connectivity index (χ4v) is 2.64. The number of halogens is 3. The minimum atomic E-state index is -0.684. The molecular formula is C17H11BrF2N2O. The summed E-state index contributed by atoms with van der Waals surface area (Å²) in [5.41, 5.74) is 1.43. The molecule has 0 amide bonds. The summed E-state index contributed by atoms with van der Waals surface area (Å²) in [6, 6.07) is 13.6. The van der Waals surface area contributed by atoms with Crippen molar-refractivity contribution in [3.63, 3.8) is 0 Å². The highest BCUT2D eigenvalue weighted by molar-refractivity contribution is 9.10. The van der Waals surface area contributed by atoms with E-state index >= 15 is 0 Å². The lowest BCUT2D eigenvalue weighted by Crippen LogP contribution is -2.23. The molecule has 0 aliphatic heterocycles. The number of rotatable bonds is 3. The molecule has 0 aliphatic rings. The lowest BCUT2D eigenvalue weighted by molar-refractivity contribution is 0.571. The smallest absolute Gasteiger partial charge is 0.267 e. The minimum Gasteiger partial charge on any atom is -0.268 e. The molecule has 0 saturated carbocycles. The molecule has 3 rings (SSSR count). The van der Waals surface area contributed by atoms with Crippen LogP contribution in [0.25, 0.3) is 11.3 Å². The zero-order valence-corrected chi connectivity index (χ0v) is 13.4. The molecule has 0 unspecified atom stereocenters. The van der Waals surface area contributed by atoms with Gasteiger partial charge in [0.2, 0.25) is 0 Å². The number of hydrogen-bond donors (Lipinski definition) is 0. The largest absolute Gasteiger partial charge is 0.268 e. The van der Waals surface area contributed by atoms with Crippen molar-refractivity contribution in [3.05, 3.63) is 86.6 Å². The molecule has 0 N–H and O–H groups in total. The molecule has 1 heterocycles. The molecule has 116 valence electrons. The molecule has 0 saturated heterocycles. The number of aromatic nitrogens is 2. The Morgan fingerprint density at radius 3 is 2.43 bits per heavy atom. The molecule has 0 aliphatic carbocycles. The van der Waals surface area contributed by atoms with Crippen LogP contribution < -0.4 is 5.56 Å². The van der Waals surface area contributed by atoms with Crippen molar-refractivity contribution in [2.24, 2.45) is 0 Å². The molecule has 3 nitrogen and oxygen atoms in total. The van der Waals surface area contributed by atoms with Crippen molar-refractivity contribution in [2.75, 3.05) is 0 Å². The van der Waals surface area contributed by atoms with Gasteiger partial charge in [0.15, 0.2) is 0 Å². The Labute approximate surface area is 139 Å². The molecule has 3 aromatic rings. The highest BCUT2D eigenvalue weighted by Gasteiger charge is 2.07. The minimum absolute atomic E-state index is 0.00461. The molecular weight excluding hydrogens is 366 g/mol. The van der Waals surface area contributed by atoms with Crippen molar-refractivity contribution in [1.29, 1.82) is 0 Å². The van der Waals surface area contributed by atoms with Crippen LogP contribution in [-0.4, -0.2) is 9.78 Å². The van der Waals surface area contributed by atoms with Crippen LogP contribution >= 0.6 is 15.9 Å². The summed E-state index contributed by atoms with van der Waals surface area (Å²) in [5.74, 6) is -1.37. The average molecular weight is 377 g/mol. The van der Waals surface area contributed by atoms with Crippen molar-refractivity contribution < 1.29 is 8.78 Å². The van der Waals surface area contributed by atoms with Gasteiger partial charge in [-0.25, -0.2) is 13.5 Å². The van der Waals surface area contributed by atoms with E-state index in [-0.39, 0.29) is 12.1 Å². The van der Waals surface area contributed by atoms with Crippen LogP contribution in [0.3, 0.4) is 0 Å². The lowest BCUT2D eigenvalue weighted by atomic mass is 10.1. The van der Waals surface area contributed by atoms with Gasteiger partial charge in [-0.1, -0.05) is 28.1 Å². The van der Waals surface area contributed by atoms with E-state index in [2.05, 4.69) is 21.0 Å². The van der Waals surface area contributed by atoms with E-state index in [1.54, 1.807) is 6.07 Å². The van der Waals surface area contributed by atoms with Gasteiger partial charge >= 0.3 is 0 Å². The molecule has 6 heteroatoms. The van der Waals surface area contributed by atoms with Crippen LogP contribution in [0.15, 0.2) is 63.9 Å². The SMILES string of the molecule is O=c1ccc(-c2cccc(Br)c2)nn1Cc1cc(F)cc(F)c1. The van der Waals surface area contributed by atoms with Crippen LogP contribution in [0.2, 0.25) is 0 Å². The highest BCUT2D eigenvalue weighted by atomic mass is 79.9. The Morgan fingerprint density at radius 2 is 1.74 bits per heavy atom. The standard InChI is InChI=1S/C17H11BrF2N2O/c18-13-3-1-2-12(8-13)16-4-5-17(23)22(21-16)10-11-6-14(19)9-15(20)7-11/h1-9H,10H2. The third kappa shape index (κ3) is 3.71. The molecule has 0 bridgehead atoms. The topological polar surface area (TPSA) is 34.9 Å². The quantitative estimate of drug-likeness (QED) is 0.692. The average Bonchev–Trinajstić information content (AvgIpc) is 2.48. The van der Waals surface area contributed by atoms with Crippen LogP contribution in [0, 0.1) is 11.6 Å². The van der Waals surface area contributed by atoms with Gasteiger partial charge in [0, 0.05) is 22.2 Å². The van der Waals surface area contributed by atoms with E-state index in [0.29, 0.717) is 11.3 Å². The van der Waals surface area contributed by atoms with Crippen molar-refractivity contribution in [1.82, 2.24) is 9.78 Å². The van der Waals surface area contributed by atoms with E-state index in [1.807, 2.05) is 24.3 Å². The van der Waals surface area contributed by atoms with Gasteiger partial charge in [-0.15, -0.1) is 0 Å². The summed E-state index contributed by atoms with van der Waals surface area (Å²) >= 11 is 3.38. The summed E-state index contributed by atoms with van der Waals surface area (Å²) in [5, 5.41) is 4.28. The predicted octanol–water partition coefficient (Wildman–Crippen LogP) is 4.00. The van der Waals surface area contributed by atoms with Crippen LogP contribution in [0.1, 0.15) is 5.56 Å². The van der Waals surface area contributed by atoms with Crippen LogP contribution in [0.4, 0.5) is 8.78 Å². The zero-order chi connectivity index (χ0) is 16.4. The maximum atomic E-state index is 13.3. The van der Waals surface area contributed by atoms with Gasteiger partial charge in [0.05, 0.1) is 12.2 Å². The predicted molar refractivity (Wildman–Crippen MR) is 87.1 cm³/mol. The van der Waals surface area contributed by atoms with Crippen molar-refractivity contribution in [2.45, 2.75) is 6.54 Å². The van der Waals surface area contributed by atoms with E-state index in [4.69, 9.17) is 0 Å². The van der Waals surface area contributed by atoms with Gasteiger partial charge < -0.3 is 0 Å². The molecule has 0 spiro atoms. The second-order valence-corrected chi connectivity index (χ2v) is 5.92. The van der Waals surface area contributed by atoms with Crippen LogP contribution in [0.5, 0.6) is 0 Å². The number of benzene rings is 2. The van der Waals surface area contributed by atoms with Gasteiger partial charge in [-0.2, -0.15) is 5.10 Å². The van der Waals surface area contributed by atoms with Crippen LogP contribution in [-0.2, 0) is 6.54 Å². The summed E-state index contributed by atoms with van der Waals surface area (Å²) in [6.07, 6.45) is 0. The fourth-order valence-electron chi connectivity index (χ4n) is 2.24. The summed E-state index contributed by atoms with van der Waals surface area (Å²) in [7, 11) is 0. The van der Waals surface area contributed by atoms with Gasteiger partial charge in [0.1, 0.15) is 11.6 Å². The lowest BCUT2D eigenvalue weighted by Gasteiger charge is -2.08. The Kier molecular flexibility index (Phi) is 4.34. The summed E-state index contributed by atoms with van der Waals surface area (Å²) in [6.45, 7) is -0.00461. The van der Waals surface area contributed by atoms with Gasteiger partial charge in [-0.3, -0.25) is 4.79 Å². The molecule has 23 heavy (non-hydrogen) atoms. The first-order chi connectivity index (χ1) is 11.0. The Hall–Kier alpha value is -2.34.